The lowest BCUT2D eigenvalue weighted by Gasteiger charge is -2.06. The van der Waals surface area contributed by atoms with Crippen molar-refractivity contribution in [2.24, 2.45) is 0 Å². The zero-order valence-corrected chi connectivity index (χ0v) is 10.4. The first kappa shape index (κ1) is 12.2. The Kier molecular flexibility index (Phi) is 3.38. The molecule has 89 valence electrons. The molecule has 0 bridgehead atoms. The van der Waals surface area contributed by atoms with Crippen molar-refractivity contribution in [2.45, 2.75) is 13.8 Å². The minimum absolute atomic E-state index is 0.0198. The molecule has 0 aliphatic rings. The molecule has 0 saturated heterocycles. The Hall–Kier alpha value is -2.22. The van der Waals surface area contributed by atoms with Crippen LogP contribution in [0.15, 0.2) is 42.5 Å². The van der Waals surface area contributed by atoms with Crippen molar-refractivity contribution in [3.63, 3.8) is 0 Å². The van der Waals surface area contributed by atoms with E-state index < -0.39 is 0 Å². The standard InChI is InChI=1S/C16H13O2/c1-11-5-3-4-6-15(11)16(18)13-7-8-14(10-17)12(2)9-13/h3-9H,1-2H3. The third-order valence-corrected chi connectivity index (χ3v) is 2.99. The number of benzene rings is 2. The Labute approximate surface area is 106 Å². The smallest absolute Gasteiger partial charge is 0.233 e. The van der Waals surface area contributed by atoms with E-state index in [1.54, 1.807) is 25.1 Å². The zero-order valence-electron chi connectivity index (χ0n) is 10.4. The second kappa shape index (κ2) is 4.96. The largest absolute Gasteiger partial charge is 0.289 e. The van der Waals surface area contributed by atoms with Crippen LogP contribution in [0.25, 0.3) is 0 Å². The molecule has 0 spiro atoms. The molecular formula is C16H13O2. The summed E-state index contributed by atoms with van der Waals surface area (Å²) < 4.78 is 0. The minimum atomic E-state index is -0.0198. The SMILES string of the molecule is Cc1cc(C(=O)c2ccccc2C)ccc1[C]=O. The fraction of sp³-hybridized carbons (Fsp3) is 0.125. The highest BCUT2D eigenvalue weighted by Crippen LogP contribution is 2.16. The third kappa shape index (κ3) is 2.23. The molecule has 0 heterocycles. The molecule has 1 radical (unpaired) electrons. The Morgan fingerprint density at radius 2 is 1.72 bits per heavy atom. The van der Waals surface area contributed by atoms with Gasteiger partial charge in [-0.2, -0.15) is 0 Å². The lowest BCUT2D eigenvalue weighted by Crippen LogP contribution is -2.04. The molecule has 0 amide bonds. The predicted molar refractivity (Wildman–Crippen MR) is 70.6 cm³/mol. The molecular weight excluding hydrogens is 224 g/mol. The second-order valence-electron chi connectivity index (χ2n) is 4.28. The Morgan fingerprint density at radius 1 is 1.00 bits per heavy atom. The molecule has 2 aromatic rings. The summed E-state index contributed by atoms with van der Waals surface area (Å²) >= 11 is 0. The first-order valence-electron chi connectivity index (χ1n) is 5.72. The van der Waals surface area contributed by atoms with Crippen LogP contribution >= 0.6 is 0 Å². The molecule has 0 N–H and O–H groups in total. The van der Waals surface area contributed by atoms with Crippen molar-refractivity contribution >= 4 is 12.1 Å². The molecule has 0 atom stereocenters. The van der Waals surface area contributed by atoms with Crippen molar-refractivity contribution in [3.05, 3.63) is 70.3 Å². The van der Waals surface area contributed by atoms with Crippen LogP contribution in [0.5, 0.6) is 0 Å². The quantitative estimate of drug-likeness (QED) is 0.769. The molecule has 0 aliphatic carbocycles. The second-order valence-corrected chi connectivity index (χ2v) is 4.28. The van der Waals surface area contributed by atoms with E-state index in [4.69, 9.17) is 0 Å². The first-order chi connectivity index (χ1) is 8.63. The predicted octanol–water partition coefficient (Wildman–Crippen LogP) is 2.99. The maximum Gasteiger partial charge on any atom is 0.233 e. The number of ketones is 1. The van der Waals surface area contributed by atoms with E-state index in [9.17, 15) is 9.59 Å². The summed E-state index contributed by atoms with van der Waals surface area (Å²) in [6.07, 6.45) is 1.85. The summed E-state index contributed by atoms with van der Waals surface area (Å²) in [6, 6.07) is 12.5. The summed E-state index contributed by atoms with van der Waals surface area (Å²) in [7, 11) is 0. The Morgan fingerprint density at radius 3 is 2.33 bits per heavy atom. The van der Waals surface area contributed by atoms with E-state index in [1.807, 2.05) is 37.5 Å². The van der Waals surface area contributed by atoms with Gasteiger partial charge >= 0.3 is 0 Å². The fourth-order valence-electron chi connectivity index (χ4n) is 1.90. The molecule has 0 aliphatic heterocycles. The molecule has 0 aromatic heterocycles. The van der Waals surface area contributed by atoms with Crippen LogP contribution in [-0.2, 0) is 4.79 Å². The van der Waals surface area contributed by atoms with Crippen LogP contribution in [-0.4, -0.2) is 12.1 Å². The topological polar surface area (TPSA) is 34.1 Å². The van der Waals surface area contributed by atoms with Crippen molar-refractivity contribution in [2.75, 3.05) is 0 Å². The van der Waals surface area contributed by atoms with Gasteiger partial charge in [-0.3, -0.25) is 9.59 Å². The van der Waals surface area contributed by atoms with E-state index in [0.717, 1.165) is 11.1 Å². The number of carbonyl (C=O) groups is 1. The lowest BCUT2D eigenvalue weighted by molar-refractivity contribution is 0.103. The highest BCUT2D eigenvalue weighted by Gasteiger charge is 2.12. The van der Waals surface area contributed by atoms with Gasteiger partial charge in [0.25, 0.3) is 0 Å². The Bertz CT molecular complexity index is 612. The third-order valence-electron chi connectivity index (χ3n) is 2.99. The highest BCUT2D eigenvalue weighted by molar-refractivity contribution is 6.10. The summed E-state index contributed by atoms with van der Waals surface area (Å²) in [5, 5.41) is 0. The van der Waals surface area contributed by atoms with Crippen LogP contribution in [0.1, 0.15) is 32.6 Å². The van der Waals surface area contributed by atoms with E-state index >= 15 is 0 Å². The van der Waals surface area contributed by atoms with Gasteiger partial charge in [0.1, 0.15) is 0 Å². The molecule has 0 saturated carbocycles. The average Bonchev–Trinajstić information content (AvgIpc) is 2.38. The maximum absolute atomic E-state index is 12.3. The monoisotopic (exact) mass is 237 g/mol. The number of hydrogen-bond acceptors (Lipinski definition) is 2. The molecule has 2 rings (SSSR count). The van der Waals surface area contributed by atoms with Gasteiger partial charge in [0.05, 0.1) is 0 Å². The summed E-state index contributed by atoms with van der Waals surface area (Å²) in [5.74, 6) is -0.0198. The van der Waals surface area contributed by atoms with Crippen molar-refractivity contribution in [1.29, 1.82) is 0 Å². The van der Waals surface area contributed by atoms with Crippen LogP contribution < -0.4 is 0 Å². The van der Waals surface area contributed by atoms with Crippen molar-refractivity contribution in [3.8, 4) is 0 Å². The van der Waals surface area contributed by atoms with Crippen LogP contribution in [0.4, 0.5) is 0 Å². The normalized spacial score (nSPS) is 10.1. The molecule has 2 nitrogen and oxygen atoms in total. The molecule has 0 unspecified atom stereocenters. The van der Waals surface area contributed by atoms with Gasteiger partial charge in [-0.15, -0.1) is 0 Å². The van der Waals surface area contributed by atoms with Crippen LogP contribution in [0, 0.1) is 13.8 Å². The van der Waals surface area contributed by atoms with Gasteiger partial charge < -0.3 is 0 Å². The minimum Gasteiger partial charge on any atom is -0.289 e. The highest BCUT2D eigenvalue weighted by atomic mass is 16.1. The lowest BCUT2D eigenvalue weighted by atomic mass is 9.96. The van der Waals surface area contributed by atoms with E-state index in [2.05, 4.69) is 0 Å². The molecule has 0 fully saturated rings. The van der Waals surface area contributed by atoms with E-state index in [-0.39, 0.29) is 5.78 Å². The van der Waals surface area contributed by atoms with Gasteiger partial charge in [-0.25, -0.2) is 0 Å². The maximum atomic E-state index is 12.3. The van der Waals surface area contributed by atoms with Gasteiger partial charge in [0.2, 0.25) is 6.29 Å². The van der Waals surface area contributed by atoms with Crippen molar-refractivity contribution in [1.82, 2.24) is 0 Å². The molecule has 2 aromatic carbocycles. The van der Waals surface area contributed by atoms with Crippen molar-refractivity contribution < 1.29 is 9.59 Å². The first-order valence-corrected chi connectivity index (χ1v) is 5.72. The molecule has 18 heavy (non-hydrogen) atoms. The van der Waals surface area contributed by atoms with Gasteiger partial charge in [0.15, 0.2) is 5.78 Å². The number of carbonyl (C=O) groups excluding carboxylic acids is 2. The zero-order chi connectivity index (χ0) is 13.1. The van der Waals surface area contributed by atoms with Gasteiger partial charge in [-0.05, 0) is 37.1 Å². The summed E-state index contributed by atoms with van der Waals surface area (Å²) in [6.45, 7) is 3.71. The molecule has 2 heteroatoms. The van der Waals surface area contributed by atoms with Gasteiger partial charge in [0, 0.05) is 16.7 Å². The average molecular weight is 237 g/mol. The van der Waals surface area contributed by atoms with Gasteiger partial charge in [-0.1, -0.05) is 30.3 Å². The van der Waals surface area contributed by atoms with E-state index in [0.29, 0.717) is 16.7 Å². The summed E-state index contributed by atoms with van der Waals surface area (Å²) in [4.78, 5) is 22.9. The number of aryl methyl sites for hydroxylation is 2. The fourth-order valence-corrected chi connectivity index (χ4v) is 1.90. The van der Waals surface area contributed by atoms with Crippen LogP contribution in [0.3, 0.4) is 0 Å². The Balaban J connectivity index is 2.44. The number of rotatable bonds is 3. The summed E-state index contributed by atoms with van der Waals surface area (Å²) in [5.41, 5.74) is 3.51. The van der Waals surface area contributed by atoms with Crippen LogP contribution in [0.2, 0.25) is 0 Å². The number of hydrogen-bond donors (Lipinski definition) is 0. The van der Waals surface area contributed by atoms with E-state index in [1.165, 1.54) is 0 Å².